The molecule has 0 aromatic heterocycles. The molecular weight excluding hydrogens is 177 g/mol. The molecule has 9 heavy (non-hydrogen) atoms. The molecule has 0 unspecified atom stereocenters. The van der Waals surface area contributed by atoms with Gasteiger partial charge in [-0.2, -0.15) is 21.4 Å². The quantitative estimate of drug-likeness (QED) is 0.377. The Hall–Kier alpha value is 1.32. The van der Waals surface area contributed by atoms with E-state index >= 15 is 0 Å². The minimum atomic E-state index is -3.02. The van der Waals surface area contributed by atoms with Crippen LogP contribution in [0, 0.1) is 0 Å². The van der Waals surface area contributed by atoms with E-state index in [0.717, 1.165) is 0 Å². The molecule has 0 atom stereocenters. The van der Waals surface area contributed by atoms with Crippen LogP contribution in [0.5, 0.6) is 0 Å². The molecular formula is C3H4F2KO2S. The van der Waals surface area contributed by atoms with Crippen LogP contribution in [0.2, 0.25) is 0 Å². The van der Waals surface area contributed by atoms with Crippen LogP contribution in [-0.2, 0) is 9.53 Å². The Kier molecular flexibility index (Phi) is 10.7. The second-order valence-corrected chi connectivity index (χ2v) is 1.22. The maximum absolute atomic E-state index is 11.0. The Bertz CT molecular complexity index is 89.9. The van der Waals surface area contributed by atoms with E-state index in [4.69, 9.17) is 0 Å². The molecule has 0 saturated carbocycles. The van der Waals surface area contributed by atoms with Crippen molar-refractivity contribution >= 4 is 70.0 Å². The molecule has 0 N–H and O–H groups in total. The molecule has 0 bridgehead atoms. The third kappa shape index (κ3) is 9.32. The van der Waals surface area contributed by atoms with Crippen molar-refractivity contribution in [3.8, 4) is 0 Å². The molecule has 0 aromatic rings. The average Bonchev–Trinajstić information content (AvgIpc) is 1.65. The average molecular weight is 181 g/mol. The molecule has 0 spiro atoms. The predicted molar refractivity (Wildman–Crippen MR) is 31.7 cm³/mol. The summed E-state index contributed by atoms with van der Waals surface area (Å²) in [5.74, 6) is -1.33. The van der Waals surface area contributed by atoms with Crippen LogP contribution >= 0.6 is 12.6 Å². The van der Waals surface area contributed by atoms with E-state index in [9.17, 15) is 13.6 Å². The summed E-state index contributed by atoms with van der Waals surface area (Å²) in [6.45, 7) is -3.02. The van der Waals surface area contributed by atoms with Gasteiger partial charge in [0.1, 0.15) is 0 Å². The van der Waals surface area contributed by atoms with Crippen molar-refractivity contribution in [2.24, 2.45) is 0 Å². The zero-order valence-corrected chi connectivity index (χ0v) is 8.82. The van der Waals surface area contributed by atoms with E-state index in [0.29, 0.717) is 0 Å². The van der Waals surface area contributed by atoms with Gasteiger partial charge in [0.25, 0.3) is 0 Å². The Labute approximate surface area is 99.2 Å². The minimum Gasteiger partial charge on any atom is -0.403 e. The molecule has 2 nitrogen and oxygen atoms in total. The molecule has 0 saturated heterocycles. The molecule has 0 aliphatic carbocycles. The fraction of sp³-hybridized carbons (Fsp3) is 0.667. The Morgan fingerprint density at radius 2 is 2.11 bits per heavy atom. The van der Waals surface area contributed by atoms with E-state index in [2.05, 4.69) is 17.4 Å². The summed E-state index contributed by atoms with van der Waals surface area (Å²) in [4.78, 5) is 9.84. The first kappa shape index (κ1) is 12.9. The molecule has 0 fully saturated rings. The minimum absolute atomic E-state index is 0. The zero-order valence-electron chi connectivity index (χ0n) is 4.80. The second-order valence-electron chi connectivity index (χ2n) is 0.909. The first-order valence-electron chi connectivity index (χ1n) is 1.75. The number of carbonyl (C=O) groups excluding carboxylic acids is 1. The van der Waals surface area contributed by atoms with Gasteiger partial charge in [-0.1, -0.05) is 0 Å². The zero-order chi connectivity index (χ0) is 6.57. The predicted octanol–water partition coefficient (Wildman–Crippen LogP) is 0.301. The van der Waals surface area contributed by atoms with Crippen molar-refractivity contribution in [2.75, 3.05) is 5.75 Å². The summed E-state index contributed by atoms with van der Waals surface area (Å²) in [6.07, 6.45) is 0. The van der Waals surface area contributed by atoms with Gasteiger partial charge in [0, 0.05) is 51.4 Å². The Morgan fingerprint density at radius 3 is 2.22 bits per heavy atom. The number of rotatable bonds is 2. The van der Waals surface area contributed by atoms with Gasteiger partial charge in [-0.25, -0.2) is 0 Å². The van der Waals surface area contributed by atoms with Gasteiger partial charge in [-0.3, -0.25) is 4.79 Å². The molecule has 0 aliphatic heterocycles. The molecule has 1 radical (unpaired) electrons. The second kappa shape index (κ2) is 7.42. The third-order valence-electron chi connectivity index (χ3n) is 0.350. The first-order chi connectivity index (χ1) is 3.66. The normalized spacial score (nSPS) is 8.44. The van der Waals surface area contributed by atoms with Crippen molar-refractivity contribution < 1.29 is 18.3 Å². The van der Waals surface area contributed by atoms with E-state index in [1.165, 1.54) is 0 Å². The van der Waals surface area contributed by atoms with Crippen molar-refractivity contribution in [3.05, 3.63) is 0 Å². The number of esters is 1. The van der Waals surface area contributed by atoms with Crippen LogP contribution in [0.1, 0.15) is 0 Å². The first-order valence-corrected chi connectivity index (χ1v) is 2.38. The fourth-order valence-electron chi connectivity index (χ4n) is 0.137. The van der Waals surface area contributed by atoms with Crippen LogP contribution in [0.15, 0.2) is 0 Å². The summed E-state index contributed by atoms with van der Waals surface area (Å²) < 4.78 is 25.3. The topological polar surface area (TPSA) is 26.3 Å². The van der Waals surface area contributed by atoms with Crippen molar-refractivity contribution in [3.63, 3.8) is 0 Å². The van der Waals surface area contributed by atoms with Gasteiger partial charge in [-0.05, 0) is 0 Å². The monoisotopic (exact) mass is 181 g/mol. The van der Waals surface area contributed by atoms with E-state index in [-0.39, 0.29) is 57.1 Å². The summed E-state index contributed by atoms with van der Waals surface area (Å²) in [5.41, 5.74) is 0. The van der Waals surface area contributed by atoms with Crippen LogP contribution < -0.4 is 0 Å². The molecule has 0 rings (SSSR count). The van der Waals surface area contributed by atoms with Crippen LogP contribution in [0.3, 0.4) is 0 Å². The van der Waals surface area contributed by atoms with Gasteiger partial charge in [0.05, 0.1) is 5.75 Å². The summed E-state index contributed by atoms with van der Waals surface area (Å²) in [7, 11) is 0. The Morgan fingerprint density at radius 1 is 1.67 bits per heavy atom. The maximum Gasteiger partial charge on any atom is 0.389 e. The van der Waals surface area contributed by atoms with Crippen LogP contribution in [-0.4, -0.2) is 69.7 Å². The number of halogens is 2. The van der Waals surface area contributed by atoms with E-state index in [1.54, 1.807) is 0 Å². The van der Waals surface area contributed by atoms with Crippen molar-refractivity contribution in [1.29, 1.82) is 0 Å². The van der Waals surface area contributed by atoms with E-state index in [1.807, 2.05) is 0 Å². The molecule has 0 aliphatic rings. The molecule has 0 amide bonds. The molecule has 0 aromatic carbocycles. The van der Waals surface area contributed by atoms with Gasteiger partial charge in [-0.15, -0.1) is 0 Å². The number of thiol groups is 1. The SMILES string of the molecule is O=C(CS)OC(F)F.[K]. The van der Waals surface area contributed by atoms with Crippen LogP contribution in [0.25, 0.3) is 0 Å². The molecule has 0 heterocycles. The number of ether oxygens (including phenoxy) is 1. The molecule has 6 heteroatoms. The van der Waals surface area contributed by atoms with Crippen LogP contribution in [0.4, 0.5) is 8.78 Å². The van der Waals surface area contributed by atoms with Gasteiger partial charge in [0.15, 0.2) is 0 Å². The number of hydrogen-bond donors (Lipinski definition) is 1. The summed E-state index contributed by atoms with van der Waals surface area (Å²) in [5, 5.41) is 0. The fourth-order valence-corrected chi connectivity index (χ4v) is 0.211. The summed E-state index contributed by atoms with van der Waals surface area (Å²) >= 11 is 3.38. The van der Waals surface area contributed by atoms with Gasteiger partial charge < -0.3 is 4.74 Å². The number of carbonyl (C=O) groups is 1. The standard InChI is InChI=1S/C3H4F2O2S.K/c4-3(5)7-2(6)1-8;/h3,8H,1H2;. The Balaban J connectivity index is 0. The third-order valence-corrected chi connectivity index (χ3v) is 0.608. The number of hydrogen-bond acceptors (Lipinski definition) is 3. The van der Waals surface area contributed by atoms with Gasteiger partial charge in [0.2, 0.25) is 0 Å². The van der Waals surface area contributed by atoms with E-state index < -0.39 is 12.6 Å². The number of alkyl halides is 2. The van der Waals surface area contributed by atoms with Crippen molar-refractivity contribution in [2.45, 2.75) is 6.61 Å². The van der Waals surface area contributed by atoms with Gasteiger partial charge >= 0.3 is 12.6 Å². The largest absolute Gasteiger partial charge is 0.403 e. The van der Waals surface area contributed by atoms with Crippen molar-refractivity contribution in [1.82, 2.24) is 0 Å². The smallest absolute Gasteiger partial charge is 0.389 e. The summed E-state index contributed by atoms with van der Waals surface area (Å²) in [6, 6.07) is 0. The molecule has 49 valence electrons. The maximum atomic E-state index is 11.0.